The fourth-order valence-corrected chi connectivity index (χ4v) is 0.543. The molecule has 0 bridgehead atoms. The van der Waals surface area contributed by atoms with Crippen molar-refractivity contribution in [1.29, 1.82) is 0 Å². The van der Waals surface area contributed by atoms with Gasteiger partial charge in [-0.15, -0.1) is 0 Å². The number of alkyl halides is 2. The third kappa shape index (κ3) is 1.49. The van der Waals surface area contributed by atoms with E-state index in [-0.39, 0.29) is 5.56 Å². The lowest BCUT2D eigenvalue weighted by molar-refractivity contribution is 0.151. The van der Waals surface area contributed by atoms with Crippen molar-refractivity contribution in [2.24, 2.45) is 0 Å². The summed E-state index contributed by atoms with van der Waals surface area (Å²) in [5.41, 5.74) is 0.0255. The monoisotopic (exact) mass is 127 g/mol. The minimum Gasteiger partial charge on any atom is -0.205 e. The van der Waals surface area contributed by atoms with Gasteiger partial charge in [0.05, 0.1) is 0 Å². The fraction of sp³-hybridized carbons (Fsp3) is 0.143. The van der Waals surface area contributed by atoms with Gasteiger partial charge in [-0.2, -0.15) is 0 Å². The second-order valence-corrected chi connectivity index (χ2v) is 1.64. The van der Waals surface area contributed by atoms with Gasteiger partial charge in [-0.1, -0.05) is 18.2 Å². The van der Waals surface area contributed by atoms with Crippen molar-refractivity contribution >= 4 is 0 Å². The smallest absolute Gasteiger partial charge is 0.205 e. The molecule has 1 aromatic carbocycles. The number of benzene rings is 1. The van der Waals surface area contributed by atoms with E-state index in [1.165, 1.54) is 12.1 Å². The van der Waals surface area contributed by atoms with E-state index in [0.29, 0.717) is 0 Å². The molecule has 0 N–H and O–H groups in total. The molecule has 0 spiro atoms. The quantitative estimate of drug-likeness (QED) is 0.543. The molecule has 0 unspecified atom stereocenters. The summed E-state index contributed by atoms with van der Waals surface area (Å²) in [5.74, 6) is 0. The molecule has 0 aromatic heterocycles. The Bertz CT molecular complexity index is 170. The lowest BCUT2D eigenvalue weighted by atomic mass is 10.2. The highest BCUT2D eigenvalue weighted by atomic mass is 19.3. The van der Waals surface area contributed by atoms with E-state index in [2.05, 4.69) is 6.07 Å². The van der Waals surface area contributed by atoms with Crippen molar-refractivity contribution in [1.82, 2.24) is 0 Å². The summed E-state index contributed by atoms with van der Waals surface area (Å²) in [6.45, 7) is 0. The first-order chi connectivity index (χ1) is 4.30. The summed E-state index contributed by atoms with van der Waals surface area (Å²) in [6.07, 6.45) is -2.37. The molecule has 0 aliphatic heterocycles. The minimum atomic E-state index is -2.37. The fourth-order valence-electron chi connectivity index (χ4n) is 0.543. The van der Waals surface area contributed by atoms with Gasteiger partial charge in [-0.05, 0) is 12.1 Å². The van der Waals surface area contributed by atoms with Crippen LogP contribution in [0.1, 0.15) is 12.0 Å². The summed E-state index contributed by atoms with van der Waals surface area (Å²) < 4.78 is 23.5. The van der Waals surface area contributed by atoms with Gasteiger partial charge in [0.1, 0.15) is 0 Å². The van der Waals surface area contributed by atoms with Crippen LogP contribution in [0.25, 0.3) is 0 Å². The van der Waals surface area contributed by atoms with Crippen LogP contribution in [0.4, 0.5) is 8.78 Å². The van der Waals surface area contributed by atoms with Crippen LogP contribution in [0.15, 0.2) is 24.3 Å². The predicted molar refractivity (Wildman–Crippen MR) is 30.2 cm³/mol. The second kappa shape index (κ2) is 2.58. The predicted octanol–water partition coefficient (Wildman–Crippen LogP) is 2.42. The molecule has 0 nitrogen and oxygen atoms in total. The van der Waals surface area contributed by atoms with Crippen molar-refractivity contribution in [3.63, 3.8) is 0 Å². The minimum absolute atomic E-state index is 0.0255. The Hall–Kier alpha value is -0.920. The van der Waals surface area contributed by atoms with Gasteiger partial charge < -0.3 is 0 Å². The molecule has 0 aliphatic carbocycles. The van der Waals surface area contributed by atoms with Crippen molar-refractivity contribution in [2.45, 2.75) is 6.43 Å². The van der Waals surface area contributed by atoms with Gasteiger partial charge in [0.15, 0.2) is 0 Å². The Balaban J connectivity index is 2.85. The second-order valence-electron chi connectivity index (χ2n) is 1.64. The number of rotatable bonds is 1. The first-order valence-electron chi connectivity index (χ1n) is 2.55. The topological polar surface area (TPSA) is 0 Å². The molecular formula is C7H5F2. The van der Waals surface area contributed by atoms with Crippen LogP contribution in [-0.2, 0) is 0 Å². The van der Waals surface area contributed by atoms with Gasteiger partial charge in [0.2, 0.25) is 0 Å². The van der Waals surface area contributed by atoms with Gasteiger partial charge in [0, 0.05) is 5.56 Å². The zero-order chi connectivity index (χ0) is 6.69. The average Bonchev–Trinajstić information content (AvgIpc) is 1.90. The van der Waals surface area contributed by atoms with Crippen LogP contribution in [0.2, 0.25) is 0 Å². The summed E-state index contributed by atoms with van der Waals surface area (Å²) in [4.78, 5) is 0. The van der Waals surface area contributed by atoms with E-state index in [0.717, 1.165) is 0 Å². The summed E-state index contributed by atoms with van der Waals surface area (Å²) >= 11 is 0. The van der Waals surface area contributed by atoms with Gasteiger partial charge in [-0.25, -0.2) is 8.78 Å². The molecule has 0 heterocycles. The van der Waals surface area contributed by atoms with Crippen molar-refractivity contribution < 1.29 is 8.78 Å². The summed E-state index contributed by atoms with van der Waals surface area (Å²) in [7, 11) is 0. The molecule has 1 radical (unpaired) electrons. The average molecular weight is 127 g/mol. The van der Waals surface area contributed by atoms with E-state index in [1.54, 1.807) is 12.1 Å². The van der Waals surface area contributed by atoms with E-state index in [9.17, 15) is 8.78 Å². The highest BCUT2D eigenvalue weighted by Crippen LogP contribution is 2.16. The Morgan fingerprint density at radius 2 is 2.22 bits per heavy atom. The number of halogens is 2. The third-order valence-electron chi connectivity index (χ3n) is 0.983. The molecule has 0 saturated carbocycles. The summed E-state index contributed by atoms with van der Waals surface area (Å²) in [5, 5.41) is 0. The maximum atomic E-state index is 11.7. The molecule has 0 saturated heterocycles. The van der Waals surface area contributed by atoms with Crippen molar-refractivity contribution in [2.75, 3.05) is 0 Å². The number of hydrogen-bond donors (Lipinski definition) is 0. The molecular weight excluding hydrogens is 122 g/mol. The molecule has 47 valence electrons. The Morgan fingerprint density at radius 1 is 1.44 bits per heavy atom. The van der Waals surface area contributed by atoms with Gasteiger partial charge >= 0.3 is 0 Å². The molecule has 0 aliphatic rings. The standard InChI is InChI=1S/C7H5F2/c8-7(9)6-4-2-1-3-5-6/h1-2,4-5,7H. The Labute approximate surface area is 52.1 Å². The largest absolute Gasteiger partial charge is 0.263 e. The third-order valence-corrected chi connectivity index (χ3v) is 0.983. The Morgan fingerprint density at radius 3 is 2.56 bits per heavy atom. The van der Waals surface area contributed by atoms with Crippen LogP contribution in [0, 0.1) is 6.07 Å². The zero-order valence-corrected chi connectivity index (χ0v) is 4.64. The first kappa shape index (κ1) is 6.20. The van der Waals surface area contributed by atoms with Gasteiger partial charge in [-0.3, -0.25) is 0 Å². The molecule has 9 heavy (non-hydrogen) atoms. The first-order valence-corrected chi connectivity index (χ1v) is 2.55. The Kier molecular flexibility index (Phi) is 1.78. The molecule has 0 amide bonds. The van der Waals surface area contributed by atoms with Crippen molar-refractivity contribution in [3.05, 3.63) is 35.9 Å². The van der Waals surface area contributed by atoms with Crippen LogP contribution in [0.5, 0.6) is 0 Å². The van der Waals surface area contributed by atoms with Gasteiger partial charge in [0.25, 0.3) is 6.43 Å². The van der Waals surface area contributed by atoms with E-state index < -0.39 is 6.43 Å². The van der Waals surface area contributed by atoms with Crippen LogP contribution >= 0.6 is 0 Å². The summed E-state index contributed by atoms with van der Waals surface area (Å²) in [6, 6.07) is 8.35. The molecule has 0 atom stereocenters. The maximum absolute atomic E-state index is 11.7. The molecule has 1 rings (SSSR count). The van der Waals surface area contributed by atoms with E-state index >= 15 is 0 Å². The zero-order valence-electron chi connectivity index (χ0n) is 4.64. The molecule has 0 fully saturated rings. The van der Waals surface area contributed by atoms with Crippen LogP contribution in [0.3, 0.4) is 0 Å². The maximum Gasteiger partial charge on any atom is 0.263 e. The van der Waals surface area contributed by atoms with E-state index in [1.807, 2.05) is 0 Å². The molecule has 1 aromatic rings. The highest BCUT2D eigenvalue weighted by molar-refractivity contribution is 5.14. The highest BCUT2D eigenvalue weighted by Gasteiger charge is 2.02. The van der Waals surface area contributed by atoms with Crippen LogP contribution in [-0.4, -0.2) is 0 Å². The van der Waals surface area contributed by atoms with Crippen molar-refractivity contribution in [3.8, 4) is 0 Å². The lowest BCUT2D eigenvalue weighted by Gasteiger charge is -1.94. The number of hydrogen-bond acceptors (Lipinski definition) is 0. The SMILES string of the molecule is FC(F)c1c[c]ccc1. The lowest BCUT2D eigenvalue weighted by Crippen LogP contribution is -1.79. The van der Waals surface area contributed by atoms with E-state index in [4.69, 9.17) is 0 Å². The molecule has 2 heteroatoms. The normalized spacial score (nSPS) is 10.1. The van der Waals surface area contributed by atoms with Crippen LogP contribution < -0.4 is 0 Å².